The minimum absolute atomic E-state index is 0.184. The zero-order chi connectivity index (χ0) is 16.4. The first kappa shape index (κ1) is 15.5. The molecule has 1 fully saturated rings. The lowest BCUT2D eigenvalue weighted by molar-refractivity contribution is 0.216. The average molecular weight is 314 g/mol. The molecule has 1 heterocycles. The Kier molecular flexibility index (Phi) is 4.28. The number of carbonyl (C=O) groups is 1. The SMILES string of the molecule is COc1cccc(NC(=O)N(C)Cc2ccc([C@H]3C[C@@H]3C)o2)c1. The van der Waals surface area contributed by atoms with Gasteiger partial charge in [0.1, 0.15) is 17.3 Å². The zero-order valence-electron chi connectivity index (χ0n) is 13.7. The molecular formula is C18H22N2O3. The van der Waals surface area contributed by atoms with Crippen LogP contribution in [0.1, 0.15) is 30.8 Å². The molecule has 1 aromatic carbocycles. The van der Waals surface area contributed by atoms with Crippen LogP contribution >= 0.6 is 0 Å². The lowest BCUT2D eigenvalue weighted by Gasteiger charge is -2.17. The maximum atomic E-state index is 12.3. The van der Waals surface area contributed by atoms with Gasteiger partial charge in [0.25, 0.3) is 0 Å². The van der Waals surface area contributed by atoms with Crippen molar-refractivity contribution in [2.24, 2.45) is 5.92 Å². The third-order valence-corrected chi connectivity index (χ3v) is 4.22. The van der Waals surface area contributed by atoms with E-state index in [0.717, 1.165) is 11.5 Å². The molecule has 1 aromatic heterocycles. The number of methoxy groups -OCH3 is 1. The Morgan fingerprint density at radius 1 is 1.39 bits per heavy atom. The molecule has 2 atom stereocenters. The molecule has 2 amide bonds. The van der Waals surface area contributed by atoms with E-state index >= 15 is 0 Å². The van der Waals surface area contributed by atoms with Crippen molar-refractivity contribution in [2.45, 2.75) is 25.8 Å². The maximum absolute atomic E-state index is 12.3. The summed E-state index contributed by atoms with van der Waals surface area (Å²) in [7, 11) is 3.35. The Hall–Kier alpha value is -2.43. The minimum atomic E-state index is -0.184. The molecule has 1 saturated carbocycles. The van der Waals surface area contributed by atoms with Gasteiger partial charge in [-0.15, -0.1) is 0 Å². The molecule has 0 radical (unpaired) electrons. The summed E-state index contributed by atoms with van der Waals surface area (Å²) >= 11 is 0. The number of hydrogen-bond donors (Lipinski definition) is 1. The van der Waals surface area contributed by atoms with E-state index in [1.165, 1.54) is 6.42 Å². The molecule has 0 spiro atoms. The fourth-order valence-electron chi connectivity index (χ4n) is 2.62. The molecule has 1 aliphatic rings. The van der Waals surface area contributed by atoms with E-state index in [1.807, 2.05) is 30.3 Å². The highest BCUT2D eigenvalue weighted by molar-refractivity contribution is 5.89. The molecule has 2 aromatic rings. The van der Waals surface area contributed by atoms with Crippen LogP contribution in [0.3, 0.4) is 0 Å². The van der Waals surface area contributed by atoms with E-state index in [-0.39, 0.29) is 6.03 Å². The number of nitrogens with one attached hydrogen (secondary N) is 1. The van der Waals surface area contributed by atoms with E-state index in [1.54, 1.807) is 25.1 Å². The lowest BCUT2D eigenvalue weighted by Crippen LogP contribution is -2.30. The predicted octanol–water partition coefficient (Wildman–Crippen LogP) is 4.08. The first-order valence-electron chi connectivity index (χ1n) is 7.81. The number of urea groups is 1. The van der Waals surface area contributed by atoms with Gasteiger partial charge in [-0.25, -0.2) is 4.79 Å². The minimum Gasteiger partial charge on any atom is -0.497 e. The molecule has 3 rings (SSSR count). The fourth-order valence-corrected chi connectivity index (χ4v) is 2.62. The Morgan fingerprint density at radius 3 is 2.87 bits per heavy atom. The summed E-state index contributed by atoms with van der Waals surface area (Å²) in [4.78, 5) is 13.8. The van der Waals surface area contributed by atoms with Crippen molar-refractivity contribution < 1.29 is 13.9 Å². The van der Waals surface area contributed by atoms with Gasteiger partial charge in [-0.05, 0) is 36.6 Å². The summed E-state index contributed by atoms with van der Waals surface area (Å²) < 4.78 is 11.0. The van der Waals surface area contributed by atoms with Crippen molar-refractivity contribution in [2.75, 3.05) is 19.5 Å². The number of carbonyl (C=O) groups excluding carboxylic acids is 1. The quantitative estimate of drug-likeness (QED) is 0.905. The third-order valence-electron chi connectivity index (χ3n) is 4.22. The molecule has 23 heavy (non-hydrogen) atoms. The number of nitrogens with zero attached hydrogens (tertiary/aromatic N) is 1. The predicted molar refractivity (Wildman–Crippen MR) is 88.7 cm³/mol. The summed E-state index contributed by atoms with van der Waals surface area (Å²) in [6.07, 6.45) is 1.19. The molecule has 1 aliphatic carbocycles. The molecule has 5 nitrogen and oxygen atoms in total. The van der Waals surface area contributed by atoms with Crippen molar-refractivity contribution in [3.63, 3.8) is 0 Å². The fraction of sp³-hybridized carbons (Fsp3) is 0.389. The van der Waals surface area contributed by atoms with Crippen LogP contribution in [-0.2, 0) is 6.54 Å². The van der Waals surface area contributed by atoms with Gasteiger partial charge < -0.3 is 19.4 Å². The highest BCUT2D eigenvalue weighted by atomic mass is 16.5. The van der Waals surface area contributed by atoms with Crippen LogP contribution in [0.4, 0.5) is 10.5 Å². The number of ether oxygens (including phenoxy) is 1. The van der Waals surface area contributed by atoms with Gasteiger partial charge >= 0.3 is 6.03 Å². The largest absolute Gasteiger partial charge is 0.497 e. The Morgan fingerprint density at radius 2 is 2.17 bits per heavy atom. The van der Waals surface area contributed by atoms with E-state index < -0.39 is 0 Å². The number of rotatable bonds is 5. The highest BCUT2D eigenvalue weighted by Gasteiger charge is 2.36. The maximum Gasteiger partial charge on any atom is 0.321 e. The molecule has 0 bridgehead atoms. The number of amides is 2. The molecule has 0 saturated heterocycles. The highest BCUT2D eigenvalue weighted by Crippen LogP contribution is 2.47. The van der Waals surface area contributed by atoms with Crippen molar-refractivity contribution >= 4 is 11.7 Å². The topological polar surface area (TPSA) is 54.7 Å². The standard InChI is InChI=1S/C18H22N2O3/c1-12-9-16(12)17-8-7-15(23-17)11-20(2)18(21)19-13-5-4-6-14(10-13)22-3/h4-8,10,12,16H,9,11H2,1-3H3,(H,19,21)/t12-,16-/m0/s1. The van der Waals surface area contributed by atoms with Gasteiger partial charge in [0.05, 0.1) is 13.7 Å². The summed E-state index contributed by atoms with van der Waals surface area (Å²) in [6, 6.07) is 11.1. The molecule has 5 heteroatoms. The summed E-state index contributed by atoms with van der Waals surface area (Å²) in [5.74, 6) is 3.82. The normalized spacial score (nSPS) is 19.3. The Labute approximate surface area is 136 Å². The van der Waals surface area contributed by atoms with Crippen molar-refractivity contribution in [1.29, 1.82) is 0 Å². The summed E-state index contributed by atoms with van der Waals surface area (Å²) in [5.41, 5.74) is 0.702. The second-order valence-corrected chi connectivity index (χ2v) is 6.14. The van der Waals surface area contributed by atoms with E-state index in [2.05, 4.69) is 12.2 Å². The van der Waals surface area contributed by atoms with Crippen molar-refractivity contribution in [3.8, 4) is 5.75 Å². The van der Waals surface area contributed by atoms with Crippen LogP contribution in [-0.4, -0.2) is 25.1 Å². The van der Waals surface area contributed by atoms with Crippen LogP contribution in [0.25, 0.3) is 0 Å². The van der Waals surface area contributed by atoms with Gasteiger partial charge in [0.15, 0.2) is 0 Å². The first-order chi connectivity index (χ1) is 11.1. The first-order valence-corrected chi connectivity index (χ1v) is 7.81. The van der Waals surface area contributed by atoms with Crippen LogP contribution < -0.4 is 10.1 Å². The van der Waals surface area contributed by atoms with E-state index in [0.29, 0.717) is 29.8 Å². The number of benzene rings is 1. The zero-order valence-corrected chi connectivity index (χ0v) is 13.7. The third kappa shape index (κ3) is 3.67. The Bertz CT molecular complexity index is 695. The van der Waals surface area contributed by atoms with Gasteiger partial charge in [0, 0.05) is 24.7 Å². The van der Waals surface area contributed by atoms with Crippen LogP contribution in [0.5, 0.6) is 5.75 Å². The van der Waals surface area contributed by atoms with Gasteiger partial charge in [-0.3, -0.25) is 0 Å². The lowest BCUT2D eigenvalue weighted by atomic mass is 10.3. The smallest absolute Gasteiger partial charge is 0.321 e. The van der Waals surface area contributed by atoms with Gasteiger partial charge in [-0.2, -0.15) is 0 Å². The van der Waals surface area contributed by atoms with Gasteiger partial charge in [-0.1, -0.05) is 13.0 Å². The average Bonchev–Trinajstić information content (AvgIpc) is 3.09. The Balaban J connectivity index is 1.57. The molecule has 122 valence electrons. The van der Waals surface area contributed by atoms with Crippen LogP contribution in [0.2, 0.25) is 0 Å². The summed E-state index contributed by atoms with van der Waals surface area (Å²) in [5, 5.41) is 2.85. The van der Waals surface area contributed by atoms with Crippen molar-refractivity contribution in [1.82, 2.24) is 4.90 Å². The molecule has 0 aliphatic heterocycles. The molecular weight excluding hydrogens is 292 g/mol. The van der Waals surface area contributed by atoms with Crippen LogP contribution in [0.15, 0.2) is 40.8 Å². The summed E-state index contributed by atoms with van der Waals surface area (Å²) in [6.45, 7) is 2.66. The van der Waals surface area contributed by atoms with E-state index in [4.69, 9.17) is 9.15 Å². The number of furan rings is 1. The van der Waals surface area contributed by atoms with Gasteiger partial charge in [0.2, 0.25) is 0 Å². The van der Waals surface area contributed by atoms with Crippen molar-refractivity contribution in [3.05, 3.63) is 47.9 Å². The molecule has 1 N–H and O–H groups in total. The van der Waals surface area contributed by atoms with Crippen LogP contribution in [0, 0.1) is 5.92 Å². The van der Waals surface area contributed by atoms with E-state index in [9.17, 15) is 4.79 Å². The molecule has 0 unspecified atom stereocenters. The second-order valence-electron chi connectivity index (χ2n) is 6.14. The number of anilines is 1. The second kappa shape index (κ2) is 6.36. The number of hydrogen-bond acceptors (Lipinski definition) is 3. The monoisotopic (exact) mass is 314 g/mol.